The average molecular weight is 385 g/mol. The van der Waals surface area contributed by atoms with Crippen LogP contribution >= 0.6 is 11.6 Å². The Balaban J connectivity index is 2.11. The second-order valence-electron chi connectivity index (χ2n) is 5.90. The molecule has 0 saturated heterocycles. The van der Waals surface area contributed by atoms with Crippen molar-refractivity contribution in [3.63, 3.8) is 0 Å². The number of hydrogen-bond donors (Lipinski definition) is 2. The van der Waals surface area contributed by atoms with Crippen molar-refractivity contribution in [2.45, 2.75) is 18.0 Å². The van der Waals surface area contributed by atoms with Crippen LogP contribution in [0, 0.1) is 10.1 Å². The molecule has 0 aromatic heterocycles. The van der Waals surface area contributed by atoms with Crippen molar-refractivity contribution in [1.82, 2.24) is 4.72 Å². The molecule has 2 rings (SSSR count). The van der Waals surface area contributed by atoms with Crippen molar-refractivity contribution in [3.05, 3.63) is 68.7 Å². The van der Waals surface area contributed by atoms with Crippen LogP contribution in [0.25, 0.3) is 0 Å². The summed E-state index contributed by atoms with van der Waals surface area (Å²) in [5, 5.41) is 10.8. The molecule has 134 valence electrons. The van der Waals surface area contributed by atoms with E-state index in [0.29, 0.717) is 0 Å². The van der Waals surface area contributed by atoms with E-state index in [1.165, 1.54) is 17.0 Å². The molecule has 0 aliphatic rings. The topological polar surface area (TPSA) is 93.8 Å². The van der Waals surface area contributed by atoms with Crippen LogP contribution in [0.15, 0.2) is 47.4 Å². The van der Waals surface area contributed by atoms with Gasteiger partial charge in [0.25, 0.3) is 5.69 Å². The van der Waals surface area contributed by atoms with Crippen molar-refractivity contribution < 1.29 is 18.2 Å². The van der Waals surface area contributed by atoms with Crippen molar-refractivity contribution in [3.8, 4) is 0 Å². The smallest absolute Gasteiger partial charge is 0.289 e. The molecular weight excluding hydrogens is 366 g/mol. The van der Waals surface area contributed by atoms with E-state index >= 15 is 0 Å². The summed E-state index contributed by atoms with van der Waals surface area (Å²) >= 11 is 5.71. The molecule has 2 aromatic carbocycles. The summed E-state index contributed by atoms with van der Waals surface area (Å²) in [6.07, 6.45) is 0. The number of nitro groups is 1. The molecule has 25 heavy (non-hydrogen) atoms. The quantitative estimate of drug-likeness (QED) is 0.557. The first-order valence-corrected chi connectivity index (χ1v) is 9.35. The second kappa shape index (κ2) is 7.92. The second-order valence-corrected chi connectivity index (χ2v) is 8.07. The van der Waals surface area contributed by atoms with Gasteiger partial charge in [0.15, 0.2) is 0 Å². The van der Waals surface area contributed by atoms with Gasteiger partial charge < -0.3 is 4.90 Å². The van der Waals surface area contributed by atoms with E-state index in [1.807, 2.05) is 38.4 Å². The van der Waals surface area contributed by atoms with Crippen LogP contribution in [0.3, 0.4) is 0 Å². The molecule has 7 nitrogen and oxygen atoms in total. The lowest BCUT2D eigenvalue weighted by molar-refractivity contribution is -0.872. The zero-order valence-corrected chi connectivity index (χ0v) is 15.4. The van der Waals surface area contributed by atoms with Gasteiger partial charge in [0.1, 0.15) is 11.6 Å². The number of halogens is 1. The van der Waals surface area contributed by atoms with Gasteiger partial charge in [-0.05, 0) is 17.7 Å². The Kier molecular flexibility index (Phi) is 6.12. The fourth-order valence-corrected chi connectivity index (χ4v) is 3.47. The summed E-state index contributed by atoms with van der Waals surface area (Å²) in [4.78, 5) is 11.3. The zero-order chi connectivity index (χ0) is 18.6. The molecule has 0 aliphatic heterocycles. The average Bonchev–Trinajstić information content (AvgIpc) is 2.53. The van der Waals surface area contributed by atoms with Crippen molar-refractivity contribution in [2.24, 2.45) is 0 Å². The number of sulfonamides is 1. The fourth-order valence-electron chi connectivity index (χ4n) is 2.24. The third kappa shape index (κ3) is 5.23. The lowest BCUT2D eigenvalue weighted by atomic mass is 10.1. The highest BCUT2D eigenvalue weighted by Crippen LogP contribution is 2.27. The first kappa shape index (κ1) is 19.3. The molecule has 0 bridgehead atoms. The van der Waals surface area contributed by atoms with Crippen molar-refractivity contribution in [2.75, 3.05) is 14.1 Å². The highest BCUT2D eigenvalue weighted by molar-refractivity contribution is 7.89. The molecule has 0 saturated carbocycles. The predicted octanol–water partition coefficient (Wildman–Crippen LogP) is 1.37. The summed E-state index contributed by atoms with van der Waals surface area (Å²) in [5.74, 6) is 0. The summed E-state index contributed by atoms with van der Waals surface area (Å²) in [6.45, 7) is 0.967. The minimum absolute atomic E-state index is 0.0911. The van der Waals surface area contributed by atoms with E-state index in [2.05, 4.69) is 4.72 Å². The van der Waals surface area contributed by atoms with Crippen LogP contribution in [0.1, 0.15) is 11.1 Å². The minimum atomic E-state index is -3.88. The summed E-state index contributed by atoms with van der Waals surface area (Å²) in [7, 11) is 0.220. The standard InChI is InChI=1S/C16H18ClN3O4S/c1-19(2)11-13-5-3-12(4-6-13)10-18-25(23,24)14-7-8-15(17)16(9-14)20(21)22/h3-9,18H,10-11H2,1-2H3/p+1. The maximum atomic E-state index is 12.3. The Bertz CT molecular complexity index is 867. The third-order valence-electron chi connectivity index (χ3n) is 3.47. The molecule has 0 spiro atoms. The lowest BCUT2D eigenvalue weighted by Gasteiger charge is -2.09. The van der Waals surface area contributed by atoms with Crippen LogP contribution in [-0.4, -0.2) is 27.4 Å². The van der Waals surface area contributed by atoms with Gasteiger partial charge in [-0.1, -0.05) is 35.9 Å². The normalized spacial score (nSPS) is 11.7. The third-order valence-corrected chi connectivity index (χ3v) is 5.19. The number of nitrogens with zero attached hydrogens (tertiary/aromatic N) is 1. The molecule has 0 fully saturated rings. The first-order valence-electron chi connectivity index (χ1n) is 7.49. The number of quaternary nitrogens is 1. The van der Waals surface area contributed by atoms with E-state index in [-0.39, 0.29) is 16.5 Å². The van der Waals surface area contributed by atoms with E-state index < -0.39 is 20.6 Å². The molecule has 0 atom stereocenters. The van der Waals surface area contributed by atoms with E-state index in [0.717, 1.165) is 23.7 Å². The van der Waals surface area contributed by atoms with Gasteiger partial charge in [-0.3, -0.25) is 10.1 Å². The molecule has 0 unspecified atom stereocenters. The van der Waals surface area contributed by atoms with E-state index in [4.69, 9.17) is 11.6 Å². The summed E-state index contributed by atoms with van der Waals surface area (Å²) in [6, 6.07) is 11.0. The van der Waals surface area contributed by atoms with Crippen molar-refractivity contribution in [1.29, 1.82) is 0 Å². The molecule has 0 heterocycles. The number of nitrogens with one attached hydrogen (secondary N) is 2. The lowest BCUT2D eigenvalue weighted by Crippen LogP contribution is -3.04. The molecule has 0 radical (unpaired) electrons. The van der Waals surface area contributed by atoms with Gasteiger partial charge in [-0.2, -0.15) is 0 Å². The number of nitro benzene ring substituents is 1. The molecule has 2 aromatic rings. The van der Waals surface area contributed by atoms with Crippen molar-refractivity contribution >= 4 is 27.3 Å². The highest BCUT2D eigenvalue weighted by Gasteiger charge is 2.20. The molecule has 9 heteroatoms. The minimum Gasteiger partial charge on any atom is -0.336 e. The molecule has 2 N–H and O–H groups in total. The van der Waals surface area contributed by atoms with Crippen LogP contribution in [0.2, 0.25) is 5.02 Å². The zero-order valence-electron chi connectivity index (χ0n) is 13.8. The van der Waals surface area contributed by atoms with Gasteiger partial charge in [0.2, 0.25) is 10.0 Å². The van der Waals surface area contributed by atoms with Gasteiger partial charge in [-0.25, -0.2) is 13.1 Å². The van der Waals surface area contributed by atoms with Gasteiger partial charge in [0.05, 0.1) is 23.9 Å². The van der Waals surface area contributed by atoms with Crippen LogP contribution < -0.4 is 9.62 Å². The van der Waals surface area contributed by atoms with Gasteiger partial charge in [0, 0.05) is 18.2 Å². The Hall–Kier alpha value is -2.00. The predicted molar refractivity (Wildman–Crippen MR) is 95.1 cm³/mol. The molecule has 0 amide bonds. The summed E-state index contributed by atoms with van der Waals surface area (Å²) in [5.41, 5.74) is 1.50. The molecular formula is C16H19ClN3O4S+. The fraction of sp³-hybridized carbons (Fsp3) is 0.250. The molecule has 0 aliphatic carbocycles. The van der Waals surface area contributed by atoms with Gasteiger partial charge in [-0.15, -0.1) is 0 Å². The Morgan fingerprint density at radius 1 is 1.12 bits per heavy atom. The van der Waals surface area contributed by atoms with Gasteiger partial charge >= 0.3 is 0 Å². The largest absolute Gasteiger partial charge is 0.336 e. The first-order chi connectivity index (χ1) is 11.7. The summed E-state index contributed by atoms with van der Waals surface area (Å²) < 4.78 is 27.1. The highest BCUT2D eigenvalue weighted by atomic mass is 35.5. The number of benzene rings is 2. The Morgan fingerprint density at radius 2 is 1.72 bits per heavy atom. The van der Waals surface area contributed by atoms with Crippen LogP contribution in [-0.2, 0) is 23.1 Å². The van der Waals surface area contributed by atoms with E-state index in [9.17, 15) is 18.5 Å². The maximum absolute atomic E-state index is 12.3. The van der Waals surface area contributed by atoms with Crippen LogP contribution in [0.5, 0.6) is 0 Å². The Morgan fingerprint density at radius 3 is 2.28 bits per heavy atom. The maximum Gasteiger partial charge on any atom is 0.289 e. The van der Waals surface area contributed by atoms with E-state index in [1.54, 1.807) is 0 Å². The monoisotopic (exact) mass is 384 g/mol. The Labute approximate surface area is 151 Å². The number of hydrogen-bond acceptors (Lipinski definition) is 4. The number of rotatable bonds is 7. The SMILES string of the molecule is C[NH+](C)Cc1ccc(CNS(=O)(=O)c2ccc(Cl)c([N+](=O)[O-])c2)cc1. The van der Waals surface area contributed by atoms with Crippen LogP contribution in [0.4, 0.5) is 5.69 Å².